The van der Waals surface area contributed by atoms with Crippen LogP contribution in [0.2, 0.25) is 0 Å². The van der Waals surface area contributed by atoms with Gasteiger partial charge in [-0.2, -0.15) is 0 Å². The number of hydrogen-bond donors (Lipinski definition) is 4. The van der Waals surface area contributed by atoms with Crippen molar-refractivity contribution in [2.45, 2.75) is 25.3 Å². The van der Waals surface area contributed by atoms with Crippen LogP contribution in [0, 0.1) is 0 Å². The molecule has 4 aliphatic rings. The van der Waals surface area contributed by atoms with Gasteiger partial charge in [0.15, 0.2) is 0 Å². The van der Waals surface area contributed by atoms with Crippen LogP contribution in [0.1, 0.15) is 55.1 Å². The van der Waals surface area contributed by atoms with Gasteiger partial charge in [-0.25, -0.2) is 9.59 Å². The minimum atomic E-state index is -0.198. The van der Waals surface area contributed by atoms with Gasteiger partial charge >= 0.3 is 11.9 Å². The van der Waals surface area contributed by atoms with Crippen LogP contribution in [0.3, 0.4) is 0 Å². The molecule has 2 aromatic rings. The number of rotatable bonds is 2. The maximum absolute atomic E-state index is 11.3. The number of ether oxygens (including phenoxy) is 2. The van der Waals surface area contributed by atoms with Crippen LogP contribution in [0.4, 0.5) is 0 Å². The number of carbonyl (C=O) groups excluding carboxylic acids is 2. The van der Waals surface area contributed by atoms with Crippen molar-refractivity contribution < 1.29 is 19.1 Å². The summed E-state index contributed by atoms with van der Waals surface area (Å²) >= 11 is 0. The van der Waals surface area contributed by atoms with Crippen molar-refractivity contribution >= 4 is 11.9 Å². The normalized spacial score (nSPS) is 24.0. The van der Waals surface area contributed by atoms with E-state index in [9.17, 15) is 9.59 Å². The number of esters is 2. The van der Waals surface area contributed by atoms with Gasteiger partial charge in [-0.1, -0.05) is 12.1 Å². The van der Waals surface area contributed by atoms with Crippen LogP contribution in [0.15, 0.2) is 36.4 Å². The van der Waals surface area contributed by atoms with E-state index >= 15 is 0 Å². The van der Waals surface area contributed by atoms with Crippen molar-refractivity contribution in [3.8, 4) is 0 Å². The minimum Gasteiger partial charge on any atom is -0.457 e. The summed E-state index contributed by atoms with van der Waals surface area (Å²) in [7, 11) is 0. The number of nitrogens with one attached hydrogen (secondary N) is 4. The molecule has 2 atom stereocenters. The molecule has 8 nitrogen and oxygen atoms in total. The van der Waals surface area contributed by atoms with Gasteiger partial charge in [0.1, 0.15) is 13.2 Å². The molecule has 6 rings (SSSR count). The first-order chi connectivity index (χ1) is 15.7. The molecule has 4 heterocycles. The largest absolute Gasteiger partial charge is 0.457 e. The Balaban J connectivity index is 0.000000135. The molecular weight excluding hydrogens is 408 g/mol. The maximum atomic E-state index is 11.3. The Morgan fingerprint density at radius 3 is 1.53 bits per heavy atom. The van der Waals surface area contributed by atoms with Gasteiger partial charge in [-0.3, -0.25) is 0 Å². The lowest BCUT2D eigenvalue weighted by Crippen LogP contribution is -2.42. The summed E-state index contributed by atoms with van der Waals surface area (Å²) in [6, 6.07) is 12.6. The van der Waals surface area contributed by atoms with Crippen LogP contribution in [-0.4, -0.2) is 51.2 Å². The standard InChI is InChI=1S/2C12H14N2O2/c2*15-12-10-2-1-8(5-9(10)7-16-12)11-6-13-3-4-14-11/h2*1-2,5,11,13-14H,3-4,6-7H2. The van der Waals surface area contributed by atoms with E-state index in [4.69, 9.17) is 9.47 Å². The second-order valence-corrected chi connectivity index (χ2v) is 8.41. The summed E-state index contributed by atoms with van der Waals surface area (Å²) in [4.78, 5) is 22.6. The molecule has 2 saturated heterocycles. The van der Waals surface area contributed by atoms with E-state index in [0.29, 0.717) is 36.4 Å². The van der Waals surface area contributed by atoms with Crippen molar-refractivity contribution in [3.05, 3.63) is 69.8 Å². The zero-order chi connectivity index (χ0) is 21.9. The van der Waals surface area contributed by atoms with E-state index in [0.717, 1.165) is 50.4 Å². The van der Waals surface area contributed by atoms with Crippen molar-refractivity contribution in [2.75, 3.05) is 39.3 Å². The van der Waals surface area contributed by atoms with Crippen molar-refractivity contribution in [1.29, 1.82) is 0 Å². The molecule has 0 spiro atoms. The number of piperazine rings is 2. The highest BCUT2D eigenvalue weighted by Gasteiger charge is 2.24. The Morgan fingerprint density at radius 2 is 1.12 bits per heavy atom. The predicted molar refractivity (Wildman–Crippen MR) is 118 cm³/mol. The topological polar surface area (TPSA) is 101 Å². The quantitative estimate of drug-likeness (QED) is 0.521. The first kappa shape index (κ1) is 21.1. The zero-order valence-electron chi connectivity index (χ0n) is 17.9. The molecule has 0 aromatic heterocycles. The number of fused-ring (bicyclic) bond motifs is 2. The van der Waals surface area contributed by atoms with Gasteiger partial charge in [0.25, 0.3) is 0 Å². The van der Waals surface area contributed by atoms with Crippen molar-refractivity contribution in [1.82, 2.24) is 21.3 Å². The Hall–Kier alpha value is -2.78. The molecule has 2 fully saturated rings. The Labute approximate surface area is 187 Å². The van der Waals surface area contributed by atoms with Gasteiger partial charge in [-0.05, 0) is 35.4 Å². The monoisotopic (exact) mass is 436 g/mol. The number of hydrogen-bond acceptors (Lipinski definition) is 8. The Morgan fingerprint density at radius 1 is 0.656 bits per heavy atom. The summed E-state index contributed by atoms with van der Waals surface area (Å²) in [6.07, 6.45) is 0. The maximum Gasteiger partial charge on any atom is 0.338 e. The van der Waals surface area contributed by atoms with Crippen LogP contribution in [-0.2, 0) is 22.7 Å². The fraction of sp³-hybridized carbons (Fsp3) is 0.417. The molecular formula is C24H28N4O4. The lowest BCUT2D eigenvalue weighted by Gasteiger charge is -2.25. The number of benzene rings is 2. The zero-order valence-corrected chi connectivity index (χ0v) is 17.9. The molecule has 0 amide bonds. The van der Waals surface area contributed by atoms with Crippen molar-refractivity contribution in [2.24, 2.45) is 0 Å². The number of carbonyl (C=O) groups is 2. The second-order valence-electron chi connectivity index (χ2n) is 8.41. The lowest BCUT2D eigenvalue weighted by atomic mass is 10.00. The highest BCUT2D eigenvalue weighted by molar-refractivity contribution is 5.93. The Bertz CT molecular complexity index is 932. The first-order valence-electron chi connectivity index (χ1n) is 11.2. The highest BCUT2D eigenvalue weighted by Crippen LogP contribution is 2.25. The molecule has 0 bridgehead atoms. The minimum absolute atomic E-state index is 0.198. The van der Waals surface area contributed by atoms with Gasteiger partial charge in [-0.15, -0.1) is 0 Å². The van der Waals surface area contributed by atoms with E-state index in [1.807, 2.05) is 24.3 Å². The number of cyclic esters (lactones) is 2. The molecule has 0 aliphatic carbocycles. The molecule has 0 radical (unpaired) electrons. The molecule has 2 aromatic carbocycles. The average Bonchev–Trinajstić information content (AvgIpc) is 3.42. The third-order valence-corrected chi connectivity index (χ3v) is 6.30. The molecule has 8 heteroatoms. The van der Waals surface area contributed by atoms with E-state index in [1.165, 1.54) is 11.1 Å². The third-order valence-electron chi connectivity index (χ3n) is 6.30. The summed E-state index contributed by atoms with van der Waals surface area (Å²) < 4.78 is 9.98. The fourth-order valence-corrected chi connectivity index (χ4v) is 4.52. The lowest BCUT2D eigenvalue weighted by molar-refractivity contribution is 0.0526. The molecule has 4 aliphatic heterocycles. The van der Waals surface area contributed by atoms with Crippen LogP contribution >= 0.6 is 0 Å². The SMILES string of the molecule is O=C1OCc2cc(C3CNCCN3)ccc21.O=C1OCc2cc(C3CNCCN3)ccc21. The van der Waals surface area contributed by atoms with E-state index in [-0.39, 0.29) is 11.9 Å². The van der Waals surface area contributed by atoms with Gasteiger partial charge < -0.3 is 30.7 Å². The summed E-state index contributed by atoms with van der Waals surface area (Å²) in [5.74, 6) is -0.396. The van der Waals surface area contributed by atoms with Gasteiger partial charge in [0, 0.05) is 62.5 Å². The molecule has 2 unspecified atom stereocenters. The van der Waals surface area contributed by atoms with Gasteiger partial charge in [0.05, 0.1) is 11.1 Å². The first-order valence-corrected chi connectivity index (χ1v) is 11.2. The molecule has 168 valence electrons. The average molecular weight is 437 g/mol. The summed E-state index contributed by atoms with van der Waals surface area (Å²) in [6.45, 7) is 6.71. The van der Waals surface area contributed by atoms with Gasteiger partial charge in [0.2, 0.25) is 0 Å². The summed E-state index contributed by atoms with van der Waals surface area (Å²) in [5, 5.41) is 13.6. The molecule has 0 saturated carbocycles. The fourth-order valence-electron chi connectivity index (χ4n) is 4.52. The van der Waals surface area contributed by atoms with Crippen LogP contribution < -0.4 is 21.3 Å². The van der Waals surface area contributed by atoms with Crippen LogP contribution in [0.25, 0.3) is 0 Å². The summed E-state index contributed by atoms with van der Waals surface area (Å²) in [5.41, 5.74) is 5.90. The van der Waals surface area contributed by atoms with Crippen LogP contribution in [0.5, 0.6) is 0 Å². The smallest absolute Gasteiger partial charge is 0.338 e. The predicted octanol–water partition coefficient (Wildman–Crippen LogP) is 1.18. The third kappa shape index (κ3) is 4.40. The van der Waals surface area contributed by atoms with E-state index in [1.54, 1.807) is 0 Å². The highest BCUT2D eigenvalue weighted by atomic mass is 16.5. The van der Waals surface area contributed by atoms with Crippen molar-refractivity contribution in [3.63, 3.8) is 0 Å². The molecule has 4 N–H and O–H groups in total. The Kier molecular flexibility index (Phi) is 6.18. The molecule has 32 heavy (non-hydrogen) atoms. The van der Waals surface area contributed by atoms with E-state index < -0.39 is 0 Å². The van der Waals surface area contributed by atoms with E-state index in [2.05, 4.69) is 33.4 Å². The second kappa shape index (κ2) is 9.38.